The topological polar surface area (TPSA) is 66.9 Å². The van der Waals surface area contributed by atoms with Crippen molar-refractivity contribution in [3.05, 3.63) is 30.3 Å². The number of halogens is 1. The standard InChI is InChI=1S/C18H30N4O2.HI/c1-19-18(22-12-6-13-24-17-9-14-23-15-17)21-11-5-10-20-16-7-3-2-4-8-16;/h2-4,7-8,17,20H,5-6,9-15H2,1H3,(H2,19,21,22);1H. The summed E-state index contributed by atoms with van der Waals surface area (Å²) in [4.78, 5) is 4.23. The quantitative estimate of drug-likeness (QED) is 0.216. The van der Waals surface area contributed by atoms with E-state index in [0.717, 1.165) is 70.4 Å². The molecule has 0 bridgehead atoms. The minimum atomic E-state index is 0. The van der Waals surface area contributed by atoms with Crippen molar-refractivity contribution in [2.24, 2.45) is 4.99 Å². The highest BCUT2D eigenvalue weighted by Crippen LogP contribution is 2.07. The van der Waals surface area contributed by atoms with Crippen LogP contribution in [0.25, 0.3) is 0 Å². The largest absolute Gasteiger partial charge is 0.385 e. The van der Waals surface area contributed by atoms with Crippen molar-refractivity contribution in [1.82, 2.24) is 10.6 Å². The number of guanidine groups is 1. The van der Waals surface area contributed by atoms with E-state index in [9.17, 15) is 0 Å². The number of nitrogens with one attached hydrogen (secondary N) is 3. The van der Waals surface area contributed by atoms with Crippen LogP contribution in [0.2, 0.25) is 0 Å². The van der Waals surface area contributed by atoms with Gasteiger partial charge in [-0.2, -0.15) is 0 Å². The molecule has 1 aromatic rings. The molecular weight excluding hydrogens is 431 g/mol. The van der Waals surface area contributed by atoms with Gasteiger partial charge in [0.1, 0.15) is 0 Å². The van der Waals surface area contributed by atoms with Gasteiger partial charge < -0.3 is 25.4 Å². The summed E-state index contributed by atoms with van der Waals surface area (Å²) >= 11 is 0. The smallest absolute Gasteiger partial charge is 0.190 e. The van der Waals surface area contributed by atoms with Gasteiger partial charge in [0.25, 0.3) is 0 Å². The van der Waals surface area contributed by atoms with Gasteiger partial charge in [0, 0.05) is 45.6 Å². The lowest BCUT2D eigenvalue weighted by molar-refractivity contribution is 0.0420. The average Bonchev–Trinajstić information content (AvgIpc) is 3.14. The molecule has 0 aromatic heterocycles. The molecule has 1 aliphatic heterocycles. The fraction of sp³-hybridized carbons (Fsp3) is 0.611. The third-order valence-corrected chi connectivity index (χ3v) is 3.83. The van der Waals surface area contributed by atoms with E-state index in [4.69, 9.17) is 9.47 Å². The first-order valence-electron chi connectivity index (χ1n) is 8.81. The molecule has 1 aromatic carbocycles. The minimum absolute atomic E-state index is 0. The lowest BCUT2D eigenvalue weighted by Crippen LogP contribution is -2.39. The number of ether oxygens (including phenoxy) is 2. The maximum atomic E-state index is 5.74. The molecule has 1 fully saturated rings. The van der Waals surface area contributed by atoms with Crippen LogP contribution in [0.15, 0.2) is 35.3 Å². The van der Waals surface area contributed by atoms with Crippen LogP contribution >= 0.6 is 24.0 Å². The summed E-state index contributed by atoms with van der Waals surface area (Å²) in [5.41, 5.74) is 1.16. The second-order valence-corrected chi connectivity index (χ2v) is 5.78. The molecule has 1 saturated heterocycles. The molecule has 1 heterocycles. The maximum absolute atomic E-state index is 5.74. The first kappa shape index (κ1) is 22.0. The predicted molar refractivity (Wildman–Crippen MR) is 114 cm³/mol. The molecule has 25 heavy (non-hydrogen) atoms. The Hall–Kier alpha value is -1.06. The molecular formula is C18H31IN4O2. The number of hydrogen-bond acceptors (Lipinski definition) is 4. The summed E-state index contributed by atoms with van der Waals surface area (Å²) in [7, 11) is 1.80. The van der Waals surface area contributed by atoms with E-state index in [1.165, 1.54) is 0 Å². The van der Waals surface area contributed by atoms with E-state index in [1.54, 1.807) is 7.05 Å². The normalized spacial score (nSPS) is 17.0. The summed E-state index contributed by atoms with van der Waals surface area (Å²) in [6.07, 6.45) is 3.31. The molecule has 1 unspecified atom stereocenters. The Bertz CT molecular complexity index is 467. The molecule has 6 nitrogen and oxygen atoms in total. The molecule has 0 spiro atoms. The number of hydrogen-bond donors (Lipinski definition) is 3. The van der Waals surface area contributed by atoms with Crippen LogP contribution in [-0.4, -0.2) is 58.6 Å². The summed E-state index contributed by atoms with van der Waals surface area (Å²) in [5, 5.41) is 10.0. The van der Waals surface area contributed by atoms with Crippen molar-refractivity contribution in [3.63, 3.8) is 0 Å². The van der Waals surface area contributed by atoms with E-state index in [0.29, 0.717) is 6.10 Å². The van der Waals surface area contributed by atoms with Gasteiger partial charge in [-0.05, 0) is 31.4 Å². The van der Waals surface area contributed by atoms with Gasteiger partial charge in [-0.25, -0.2) is 0 Å². The maximum Gasteiger partial charge on any atom is 0.190 e. The molecule has 0 saturated carbocycles. The van der Waals surface area contributed by atoms with Gasteiger partial charge in [-0.3, -0.25) is 4.99 Å². The molecule has 142 valence electrons. The van der Waals surface area contributed by atoms with E-state index in [2.05, 4.69) is 33.1 Å². The SMILES string of the molecule is CN=C(NCCCNc1ccccc1)NCCCOC1CCOC1.I. The number of anilines is 1. The number of aliphatic imine (C=N–C) groups is 1. The van der Waals surface area contributed by atoms with E-state index in [-0.39, 0.29) is 24.0 Å². The Kier molecular flexibility index (Phi) is 12.4. The molecule has 1 aliphatic rings. The van der Waals surface area contributed by atoms with Crippen LogP contribution < -0.4 is 16.0 Å². The zero-order valence-electron chi connectivity index (χ0n) is 15.0. The molecule has 1 atom stereocenters. The summed E-state index contributed by atoms with van der Waals surface area (Å²) < 4.78 is 11.0. The first-order chi connectivity index (χ1) is 11.9. The Morgan fingerprint density at radius 2 is 1.92 bits per heavy atom. The van der Waals surface area contributed by atoms with Crippen molar-refractivity contribution in [1.29, 1.82) is 0 Å². The zero-order chi connectivity index (χ0) is 16.9. The fourth-order valence-corrected chi connectivity index (χ4v) is 2.48. The van der Waals surface area contributed by atoms with Crippen LogP contribution in [0, 0.1) is 0 Å². The van der Waals surface area contributed by atoms with Gasteiger partial charge in [0.2, 0.25) is 0 Å². The molecule has 7 heteroatoms. The molecule has 2 rings (SSSR count). The second-order valence-electron chi connectivity index (χ2n) is 5.78. The van der Waals surface area contributed by atoms with Crippen LogP contribution in [0.3, 0.4) is 0 Å². The summed E-state index contributed by atoms with van der Waals surface area (Å²) in [6.45, 7) is 5.02. The highest BCUT2D eigenvalue weighted by atomic mass is 127. The Balaban J connectivity index is 0.00000312. The number of nitrogens with zero attached hydrogens (tertiary/aromatic N) is 1. The minimum Gasteiger partial charge on any atom is -0.385 e. The first-order valence-corrected chi connectivity index (χ1v) is 8.81. The fourth-order valence-electron chi connectivity index (χ4n) is 2.48. The highest BCUT2D eigenvalue weighted by molar-refractivity contribution is 14.0. The molecule has 0 aliphatic carbocycles. The van der Waals surface area contributed by atoms with E-state index < -0.39 is 0 Å². The van der Waals surface area contributed by atoms with Gasteiger partial charge in [0.15, 0.2) is 5.96 Å². The van der Waals surface area contributed by atoms with Crippen molar-refractivity contribution in [3.8, 4) is 0 Å². The number of rotatable bonds is 10. The molecule has 0 radical (unpaired) electrons. The van der Waals surface area contributed by atoms with E-state index >= 15 is 0 Å². The van der Waals surface area contributed by atoms with Gasteiger partial charge >= 0.3 is 0 Å². The third-order valence-electron chi connectivity index (χ3n) is 3.83. The number of benzene rings is 1. The van der Waals surface area contributed by atoms with Crippen molar-refractivity contribution >= 4 is 35.6 Å². The van der Waals surface area contributed by atoms with Crippen molar-refractivity contribution in [2.75, 3.05) is 51.8 Å². The van der Waals surface area contributed by atoms with Crippen LogP contribution in [0.4, 0.5) is 5.69 Å². The molecule has 0 amide bonds. The third kappa shape index (κ3) is 9.86. The van der Waals surface area contributed by atoms with Crippen LogP contribution in [0.5, 0.6) is 0 Å². The zero-order valence-corrected chi connectivity index (χ0v) is 17.3. The lowest BCUT2D eigenvalue weighted by atomic mass is 10.3. The van der Waals surface area contributed by atoms with Gasteiger partial charge in [0.05, 0.1) is 12.7 Å². The Morgan fingerprint density at radius 3 is 2.60 bits per heavy atom. The lowest BCUT2D eigenvalue weighted by Gasteiger charge is -2.13. The average molecular weight is 462 g/mol. The van der Waals surface area contributed by atoms with Crippen LogP contribution in [-0.2, 0) is 9.47 Å². The van der Waals surface area contributed by atoms with Gasteiger partial charge in [-0.1, -0.05) is 18.2 Å². The predicted octanol–water partition coefficient (Wildman–Crippen LogP) is 2.47. The van der Waals surface area contributed by atoms with Gasteiger partial charge in [-0.15, -0.1) is 24.0 Å². The van der Waals surface area contributed by atoms with Crippen LogP contribution in [0.1, 0.15) is 19.3 Å². The highest BCUT2D eigenvalue weighted by Gasteiger charge is 2.15. The summed E-state index contributed by atoms with van der Waals surface area (Å²) in [6, 6.07) is 10.3. The van der Waals surface area contributed by atoms with E-state index in [1.807, 2.05) is 18.2 Å². The van der Waals surface area contributed by atoms with Crippen molar-refractivity contribution < 1.29 is 9.47 Å². The Labute approximate surface area is 168 Å². The molecule has 3 N–H and O–H groups in total. The Morgan fingerprint density at radius 1 is 1.16 bits per heavy atom. The monoisotopic (exact) mass is 462 g/mol. The second kappa shape index (κ2) is 14.1. The summed E-state index contributed by atoms with van der Waals surface area (Å²) in [5.74, 6) is 0.846. The van der Waals surface area contributed by atoms with Crippen molar-refractivity contribution in [2.45, 2.75) is 25.4 Å². The number of para-hydroxylation sites is 1.